The van der Waals surface area contributed by atoms with E-state index in [0.717, 1.165) is 51.7 Å². The number of amides is 1. The van der Waals surface area contributed by atoms with E-state index in [1.165, 1.54) is 6.42 Å². The fourth-order valence-electron chi connectivity index (χ4n) is 2.66. The Hall–Kier alpha value is -0.610. The van der Waals surface area contributed by atoms with E-state index in [9.17, 15) is 4.79 Å². The number of hydrogen-bond donors (Lipinski definition) is 2. The number of likely N-dealkylation sites (N-methyl/N-ethyl adjacent to an activating group) is 1. The average Bonchev–Trinajstić information content (AvgIpc) is 2.38. The quantitative estimate of drug-likeness (QED) is 0.725. The summed E-state index contributed by atoms with van der Waals surface area (Å²) in [4.78, 5) is 14.4. The van der Waals surface area contributed by atoms with Gasteiger partial charge in [0, 0.05) is 13.1 Å². The molecule has 0 bridgehead atoms. The van der Waals surface area contributed by atoms with Crippen LogP contribution in [0, 0.1) is 0 Å². The van der Waals surface area contributed by atoms with Crippen molar-refractivity contribution in [3.05, 3.63) is 0 Å². The second-order valence-corrected chi connectivity index (χ2v) is 5.41. The second-order valence-electron chi connectivity index (χ2n) is 5.41. The fraction of sp³-hybridized carbons (Fsp3) is 0.929. The maximum atomic E-state index is 12.1. The van der Waals surface area contributed by atoms with Crippen molar-refractivity contribution in [2.24, 2.45) is 5.73 Å². The van der Waals surface area contributed by atoms with E-state index in [1.807, 2.05) is 0 Å². The summed E-state index contributed by atoms with van der Waals surface area (Å²) in [5, 5.41) is 3.01. The largest absolute Gasteiger partial charge is 0.353 e. The van der Waals surface area contributed by atoms with E-state index in [4.69, 9.17) is 5.73 Å². The summed E-state index contributed by atoms with van der Waals surface area (Å²) in [5.41, 5.74) is 5.59. The first kappa shape index (κ1) is 15.4. The maximum Gasteiger partial charge on any atom is 0.240 e. The Morgan fingerprint density at radius 3 is 2.44 bits per heavy atom. The van der Waals surface area contributed by atoms with Crippen molar-refractivity contribution < 1.29 is 4.79 Å². The molecule has 1 aliphatic carbocycles. The molecule has 1 saturated carbocycles. The lowest BCUT2D eigenvalue weighted by Gasteiger charge is -2.32. The molecule has 0 radical (unpaired) electrons. The zero-order valence-electron chi connectivity index (χ0n) is 12.0. The fourth-order valence-corrected chi connectivity index (χ4v) is 2.66. The van der Waals surface area contributed by atoms with Crippen LogP contribution in [-0.4, -0.2) is 42.5 Å². The zero-order chi connectivity index (χ0) is 13.4. The van der Waals surface area contributed by atoms with Gasteiger partial charge in [-0.15, -0.1) is 0 Å². The molecule has 106 valence electrons. The maximum absolute atomic E-state index is 12.1. The normalized spacial score (nSPS) is 18.9. The molecule has 3 N–H and O–H groups in total. The third-order valence-electron chi connectivity index (χ3n) is 3.90. The van der Waals surface area contributed by atoms with Crippen LogP contribution in [0.15, 0.2) is 0 Å². The molecule has 1 rings (SSSR count). The molecule has 0 atom stereocenters. The van der Waals surface area contributed by atoms with Crippen molar-refractivity contribution in [1.29, 1.82) is 0 Å². The topological polar surface area (TPSA) is 58.4 Å². The average molecular weight is 255 g/mol. The first-order chi connectivity index (χ1) is 8.62. The molecule has 0 aromatic carbocycles. The Morgan fingerprint density at radius 2 is 1.89 bits per heavy atom. The smallest absolute Gasteiger partial charge is 0.240 e. The molecule has 18 heavy (non-hydrogen) atoms. The highest BCUT2D eigenvalue weighted by atomic mass is 16.2. The molecule has 1 fully saturated rings. The molecule has 0 spiro atoms. The van der Waals surface area contributed by atoms with Crippen LogP contribution in [0.5, 0.6) is 0 Å². The zero-order valence-corrected chi connectivity index (χ0v) is 12.0. The van der Waals surface area contributed by atoms with Crippen molar-refractivity contribution in [2.45, 2.75) is 57.9 Å². The van der Waals surface area contributed by atoms with Gasteiger partial charge in [-0.25, -0.2) is 0 Å². The van der Waals surface area contributed by atoms with Crippen LogP contribution in [0.1, 0.15) is 52.4 Å². The summed E-state index contributed by atoms with van der Waals surface area (Å²) in [6.45, 7) is 8.11. The molecule has 0 unspecified atom stereocenters. The lowest BCUT2D eigenvalue weighted by Crippen LogP contribution is -2.55. The monoisotopic (exact) mass is 255 g/mol. The van der Waals surface area contributed by atoms with Crippen LogP contribution in [0.25, 0.3) is 0 Å². The van der Waals surface area contributed by atoms with E-state index < -0.39 is 5.54 Å². The van der Waals surface area contributed by atoms with E-state index in [1.54, 1.807) is 0 Å². The third kappa shape index (κ3) is 4.58. The molecule has 0 aromatic heterocycles. The molecular weight excluding hydrogens is 226 g/mol. The van der Waals surface area contributed by atoms with Gasteiger partial charge in [-0.1, -0.05) is 33.1 Å². The summed E-state index contributed by atoms with van der Waals surface area (Å²) in [5.74, 6) is 0.0507. The molecule has 4 nitrogen and oxygen atoms in total. The highest BCUT2D eigenvalue weighted by Crippen LogP contribution is 2.25. The highest BCUT2D eigenvalue weighted by molar-refractivity contribution is 5.86. The SMILES string of the molecule is CCCN(CC)CCNC(=O)C1(N)CCCCC1. The Kier molecular flexibility index (Phi) is 6.65. The standard InChI is InChI=1S/C14H29N3O/c1-3-11-17(4-2)12-10-16-13(18)14(15)8-6-5-7-9-14/h3-12,15H2,1-2H3,(H,16,18). The molecule has 4 heteroatoms. The van der Waals surface area contributed by atoms with Crippen LogP contribution < -0.4 is 11.1 Å². The first-order valence-electron chi connectivity index (χ1n) is 7.42. The number of carbonyl (C=O) groups excluding carboxylic acids is 1. The summed E-state index contributed by atoms with van der Waals surface area (Å²) in [7, 11) is 0. The van der Waals surface area contributed by atoms with Gasteiger partial charge in [0.15, 0.2) is 0 Å². The Morgan fingerprint density at radius 1 is 1.22 bits per heavy atom. The van der Waals surface area contributed by atoms with Crippen LogP contribution in [0.3, 0.4) is 0 Å². The molecule has 1 amide bonds. The summed E-state index contributed by atoms with van der Waals surface area (Å²) in [6.07, 6.45) is 6.22. The Labute approximate surface area is 111 Å². The van der Waals surface area contributed by atoms with Gasteiger partial charge < -0.3 is 16.0 Å². The molecule has 0 aromatic rings. The number of carbonyl (C=O) groups is 1. The van der Waals surface area contributed by atoms with E-state index in [2.05, 4.69) is 24.1 Å². The van der Waals surface area contributed by atoms with Gasteiger partial charge in [0.2, 0.25) is 5.91 Å². The number of rotatable bonds is 7. The van der Waals surface area contributed by atoms with Gasteiger partial charge in [0.1, 0.15) is 0 Å². The van der Waals surface area contributed by atoms with Gasteiger partial charge in [-0.3, -0.25) is 4.79 Å². The van der Waals surface area contributed by atoms with Crippen LogP contribution in [0.2, 0.25) is 0 Å². The molecule has 0 saturated heterocycles. The number of nitrogens with two attached hydrogens (primary N) is 1. The Balaban J connectivity index is 2.27. The van der Waals surface area contributed by atoms with E-state index in [-0.39, 0.29) is 5.91 Å². The summed E-state index contributed by atoms with van der Waals surface area (Å²) in [6, 6.07) is 0. The van der Waals surface area contributed by atoms with Crippen molar-refractivity contribution in [3.63, 3.8) is 0 Å². The minimum atomic E-state index is -0.597. The van der Waals surface area contributed by atoms with Gasteiger partial charge in [0.25, 0.3) is 0 Å². The van der Waals surface area contributed by atoms with Crippen molar-refractivity contribution in [3.8, 4) is 0 Å². The summed E-state index contributed by atoms with van der Waals surface area (Å²) < 4.78 is 0. The second kappa shape index (κ2) is 7.74. The molecule has 1 aliphatic rings. The Bertz CT molecular complexity index is 249. The van der Waals surface area contributed by atoms with Gasteiger partial charge in [-0.05, 0) is 32.4 Å². The predicted octanol–water partition coefficient (Wildman–Crippen LogP) is 1.50. The molecule has 0 aliphatic heterocycles. The van der Waals surface area contributed by atoms with Gasteiger partial charge >= 0.3 is 0 Å². The molecule has 0 heterocycles. The van der Waals surface area contributed by atoms with Gasteiger partial charge in [-0.2, -0.15) is 0 Å². The van der Waals surface area contributed by atoms with Crippen molar-refractivity contribution in [1.82, 2.24) is 10.2 Å². The van der Waals surface area contributed by atoms with E-state index >= 15 is 0 Å². The predicted molar refractivity (Wildman–Crippen MR) is 75.4 cm³/mol. The number of nitrogens with zero attached hydrogens (tertiary/aromatic N) is 1. The first-order valence-corrected chi connectivity index (χ1v) is 7.42. The minimum Gasteiger partial charge on any atom is -0.353 e. The highest BCUT2D eigenvalue weighted by Gasteiger charge is 2.34. The van der Waals surface area contributed by atoms with Gasteiger partial charge in [0.05, 0.1) is 5.54 Å². The minimum absolute atomic E-state index is 0.0507. The van der Waals surface area contributed by atoms with Crippen molar-refractivity contribution in [2.75, 3.05) is 26.2 Å². The number of nitrogens with one attached hydrogen (secondary N) is 1. The van der Waals surface area contributed by atoms with Crippen LogP contribution in [0.4, 0.5) is 0 Å². The van der Waals surface area contributed by atoms with E-state index in [0.29, 0.717) is 6.54 Å². The third-order valence-corrected chi connectivity index (χ3v) is 3.90. The lowest BCUT2D eigenvalue weighted by molar-refractivity contribution is -0.127. The summed E-state index contributed by atoms with van der Waals surface area (Å²) >= 11 is 0. The molecular formula is C14H29N3O. The van der Waals surface area contributed by atoms with Crippen LogP contribution >= 0.6 is 0 Å². The van der Waals surface area contributed by atoms with Crippen LogP contribution in [-0.2, 0) is 4.79 Å². The lowest BCUT2D eigenvalue weighted by atomic mass is 9.82. The van der Waals surface area contributed by atoms with Crippen molar-refractivity contribution >= 4 is 5.91 Å². The number of hydrogen-bond acceptors (Lipinski definition) is 3.